The number of phenols is 1. The van der Waals surface area contributed by atoms with E-state index in [2.05, 4.69) is 10.5 Å². The Hall–Kier alpha value is -3.65. The third-order valence-corrected chi connectivity index (χ3v) is 5.07. The van der Waals surface area contributed by atoms with Crippen LogP contribution < -0.4 is 5.43 Å². The number of hydrazone groups is 1. The van der Waals surface area contributed by atoms with Gasteiger partial charge in [0.2, 0.25) is 0 Å². The summed E-state index contributed by atoms with van der Waals surface area (Å²) in [5, 5.41) is 24.8. The first-order valence-corrected chi connectivity index (χ1v) is 9.40. The lowest BCUT2D eigenvalue weighted by atomic mass is 10.2. The number of non-ortho nitro benzene ring substituents is 1. The van der Waals surface area contributed by atoms with Crippen molar-refractivity contribution < 1.29 is 14.8 Å². The van der Waals surface area contributed by atoms with Crippen LogP contribution in [-0.4, -0.2) is 22.2 Å². The van der Waals surface area contributed by atoms with Gasteiger partial charge in [-0.15, -0.1) is 0 Å². The van der Waals surface area contributed by atoms with E-state index >= 15 is 0 Å². The fourth-order valence-corrected chi connectivity index (χ4v) is 3.35. The molecule has 0 unspecified atom stereocenters. The van der Waals surface area contributed by atoms with Gasteiger partial charge in [0, 0.05) is 27.5 Å². The highest BCUT2D eigenvalue weighted by Crippen LogP contribution is 2.32. The molecule has 0 radical (unpaired) electrons. The van der Waals surface area contributed by atoms with E-state index in [1.807, 2.05) is 31.2 Å². The van der Waals surface area contributed by atoms with Crippen molar-refractivity contribution in [3.05, 3.63) is 93.5 Å². The summed E-state index contributed by atoms with van der Waals surface area (Å²) in [6, 6.07) is 18.4. The molecule has 0 heterocycles. The number of nitro benzene ring substituents is 1. The number of aromatic hydroxyl groups is 1. The number of hydrogen-bond donors (Lipinski definition) is 2. The van der Waals surface area contributed by atoms with E-state index in [1.165, 1.54) is 42.2 Å². The Morgan fingerprint density at radius 1 is 1.14 bits per heavy atom. The van der Waals surface area contributed by atoms with Gasteiger partial charge in [0.25, 0.3) is 11.6 Å². The first-order chi connectivity index (χ1) is 13.9. The zero-order valence-corrected chi connectivity index (χ0v) is 16.2. The largest absolute Gasteiger partial charge is 0.507 e. The molecule has 8 heteroatoms. The molecule has 0 aliphatic rings. The van der Waals surface area contributed by atoms with Crippen molar-refractivity contribution >= 4 is 29.6 Å². The zero-order valence-electron chi connectivity index (χ0n) is 15.4. The highest BCUT2D eigenvalue weighted by molar-refractivity contribution is 7.99. The summed E-state index contributed by atoms with van der Waals surface area (Å²) >= 11 is 1.43. The molecule has 0 aliphatic carbocycles. The summed E-state index contributed by atoms with van der Waals surface area (Å²) in [5.41, 5.74) is 3.95. The van der Waals surface area contributed by atoms with Gasteiger partial charge >= 0.3 is 0 Å². The van der Waals surface area contributed by atoms with Crippen LogP contribution in [-0.2, 0) is 0 Å². The number of benzene rings is 3. The fraction of sp³-hybridized carbons (Fsp3) is 0.0476. The van der Waals surface area contributed by atoms with Crippen molar-refractivity contribution in [1.82, 2.24) is 5.43 Å². The van der Waals surface area contributed by atoms with E-state index in [0.29, 0.717) is 5.56 Å². The highest BCUT2D eigenvalue weighted by Gasteiger charge is 2.12. The maximum absolute atomic E-state index is 12.1. The monoisotopic (exact) mass is 407 g/mol. The van der Waals surface area contributed by atoms with Gasteiger partial charge in [-0.3, -0.25) is 14.9 Å². The van der Waals surface area contributed by atoms with Crippen molar-refractivity contribution in [2.75, 3.05) is 0 Å². The van der Waals surface area contributed by atoms with Gasteiger partial charge in [-0.1, -0.05) is 41.6 Å². The SMILES string of the molecule is Cc1ccc(Sc2ccc([N+](=O)[O-])cc2/C=N/NC(=O)c2ccccc2O)cc1. The van der Waals surface area contributed by atoms with Crippen molar-refractivity contribution in [2.24, 2.45) is 5.10 Å². The number of aryl methyl sites for hydroxylation is 1. The third kappa shape index (κ3) is 5.20. The molecule has 0 spiro atoms. The summed E-state index contributed by atoms with van der Waals surface area (Å²) in [4.78, 5) is 24.5. The Morgan fingerprint density at radius 3 is 2.55 bits per heavy atom. The molecule has 0 atom stereocenters. The number of carbonyl (C=O) groups excluding carboxylic acids is 1. The van der Waals surface area contributed by atoms with Crippen LogP contribution in [0.5, 0.6) is 5.75 Å². The van der Waals surface area contributed by atoms with Gasteiger partial charge in [-0.05, 0) is 37.3 Å². The number of amides is 1. The maximum Gasteiger partial charge on any atom is 0.275 e. The molecule has 3 rings (SSSR count). The van der Waals surface area contributed by atoms with Gasteiger partial charge in [0.05, 0.1) is 16.7 Å². The van der Waals surface area contributed by atoms with Crippen LogP contribution in [0.25, 0.3) is 0 Å². The van der Waals surface area contributed by atoms with Crippen LogP contribution in [0.15, 0.2) is 81.6 Å². The van der Waals surface area contributed by atoms with Crippen molar-refractivity contribution in [3.63, 3.8) is 0 Å². The Morgan fingerprint density at radius 2 is 1.86 bits per heavy atom. The number of nitrogens with zero attached hydrogens (tertiary/aromatic N) is 2. The smallest absolute Gasteiger partial charge is 0.275 e. The second-order valence-electron chi connectivity index (χ2n) is 6.11. The van der Waals surface area contributed by atoms with Gasteiger partial charge in [-0.2, -0.15) is 5.10 Å². The van der Waals surface area contributed by atoms with Crippen molar-refractivity contribution in [1.29, 1.82) is 0 Å². The first kappa shape index (κ1) is 20.1. The molecule has 0 aromatic heterocycles. The minimum atomic E-state index is -0.586. The maximum atomic E-state index is 12.1. The molecule has 1 amide bonds. The standard InChI is InChI=1S/C21H17N3O4S/c1-14-6-9-17(10-7-14)29-20-11-8-16(24(27)28)12-15(20)13-22-23-21(26)18-4-2-3-5-19(18)25/h2-13,25H,1H3,(H,23,26)/b22-13+. The van der Waals surface area contributed by atoms with Crippen molar-refractivity contribution in [3.8, 4) is 5.75 Å². The molecule has 0 bridgehead atoms. The average molecular weight is 407 g/mol. The molecule has 2 N–H and O–H groups in total. The Bertz CT molecular complexity index is 1080. The Balaban J connectivity index is 1.83. The lowest BCUT2D eigenvalue weighted by molar-refractivity contribution is -0.384. The van der Waals surface area contributed by atoms with E-state index < -0.39 is 10.8 Å². The molecule has 0 saturated heterocycles. The molecule has 0 aliphatic heterocycles. The van der Waals surface area contributed by atoms with Gasteiger partial charge in [0.15, 0.2) is 0 Å². The molecule has 146 valence electrons. The molecular formula is C21H17N3O4S. The topological polar surface area (TPSA) is 105 Å². The minimum absolute atomic E-state index is 0.0771. The molecule has 3 aromatic rings. The average Bonchev–Trinajstić information content (AvgIpc) is 2.71. The van der Waals surface area contributed by atoms with E-state index in [0.717, 1.165) is 15.4 Å². The van der Waals surface area contributed by atoms with E-state index in [4.69, 9.17) is 0 Å². The Labute approximate surface area is 171 Å². The van der Waals surface area contributed by atoms with Crippen LogP contribution >= 0.6 is 11.8 Å². The number of phenolic OH excluding ortho intramolecular Hbond substituents is 1. The summed E-state index contributed by atoms with van der Waals surface area (Å²) < 4.78 is 0. The molecule has 7 nitrogen and oxygen atoms in total. The summed E-state index contributed by atoms with van der Waals surface area (Å²) in [6.45, 7) is 1.99. The number of nitrogens with one attached hydrogen (secondary N) is 1. The Kier molecular flexibility index (Phi) is 6.25. The summed E-state index contributed by atoms with van der Waals surface area (Å²) in [6.07, 6.45) is 1.35. The molecule has 0 saturated carbocycles. The normalized spacial score (nSPS) is 10.8. The fourth-order valence-electron chi connectivity index (χ4n) is 2.46. The second-order valence-corrected chi connectivity index (χ2v) is 7.23. The summed E-state index contributed by atoms with van der Waals surface area (Å²) in [5.74, 6) is -0.747. The van der Waals surface area contributed by atoms with E-state index in [-0.39, 0.29) is 17.0 Å². The minimum Gasteiger partial charge on any atom is -0.507 e. The molecule has 0 fully saturated rings. The van der Waals surface area contributed by atoms with Gasteiger partial charge in [0.1, 0.15) is 5.75 Å². The number of para-hydroxylation sites is 1. The summed E-state index contributed by atoms with van der Waals surface area (Å²) in [7, 11) is 0. The third-order valence-electron chi connectivity index (χ3n) is 3.97. The molecule has 3 aromatic carbocycles. The van der Waals surface area contributed by atoms with Gasteiger partial charge < -0.3 is 5.11 Å². The highest BCUT2D eigenvalue weighted by atomic mass is 32.2. The first-order valence-electron chi connectivity index (χ1n) is 8.58. The quantitative estimate of drug-likeness (QED) is 0.355. The number of carbonyl (C=O) groups is 1. The van der Waals surface area contributed by atoms with Crippen LogP contribution in [0.2, 0.25) is 0 Å². The van der Waals surface area contributed by atoms with Gasteiger partial charge in [-0.25, -0.2) is 5.43 Å². The number of hydrogen-bond acceptors (Lipinski definition) is 6. The molecule has 29 heavy (non-hydrogen) atoms. The lowest BCUT2D eigenvalue weighted by Crippen LogP contribution is -2.17. The van der Waals surface area contributed by atoms with E-state index in [9.17, 15) is 20.0 Å². The molecular weight excluding hydrogens is 390 g/mol. The van der Waals surface area contributed by atoms with E-state index in [1.54, 1.807) is 18.2 Å². The predicted molar refractivity (Wildman–Crippen MR) is 112 cm³/mol. The van der Waals surface area contributed by atoms with Crippen molar-refractivity contribution in [2.45, 2.75) is 16.7 Å². The second kappa shape index (κ2) is 9.03. The van der Waals surface area contributed by atoms with Crippen LogP contribution in [0.4, 0.5) is 5.69 Å². The van der Waals surface area contributed by atoms with Crippen LogP contribution in [0.1, 0.15) is 21.5 Å². The zero-order chi connectivity index (χ0) is 20.8. The van der Waals surface area contributed by atoms with Crippen LogP contribution in [0.3, 0.4) is 0 Å². The lowest BCUT2D eigenvalue weighted by Gasteiger charge is -2.07. The number of nitro groups is 1. The predicted octanol–water partition coefficient (Wildman–Crippen LogP) is 4.52. The number of rotatable bonds is 6. The van der Waals surface area contributed by atoms with Crippen LogP contribution in [0, 0.1) is 17.0 Å².